The normalized spacial score (nSPS) is 19.3. The van der Waals surface area contributed by atoms with E-state index in [4.69, 9.17) is 5.41 Å². The molecule has 1 amide bonds. The fourth-order valence-electron chi connectivity index (χ4n) is 3.67. The van der Waals surface area contributed by atoms with Crippen molar-refractivity contribution >= 4 is 28.9 Å². The minimum Gasteiger partial charge on any atom is -0.322 e. The first-order valence-corrected chi connectivity index (χ1v) is 9.58. The van der Waals surface area contributed by atoms with Crippen LogP contribution in [0.2, 0.25) is 0 Å². The van der Waals surface area contributed by atoms with Crippen LogP contribution in [0.5, 0.6) is 0 Å². The van der Waals surface area contributed by atoms with Gasteiger partial charge in [-0.1, -0.05) is 43.7 Å². The lowest BCUT2D eigenvalue weighted by Crippen LogP contribution is -2.37. The van der Waals surface area contributed by atoms with Crippen LogP contribution in [0.15, 0.2) is 54.6 Å². The van der Waals surface area contributed by atoms with Crippen molar-refractivity contribution < 1.29 is 14.4 Å². The number of carbonyl (C=O) groups is 3. The Bertz CT molecular complexity index is 887. The van der Waals surface area contributed by atoms with Gasteiger partial charge in [-0.3, -0.25) is 14.4 Å². The molecule has 0 bridgehead atoms. The number of carbonyl (C=O) groups excluding carboxylic acids is 3. The second-order valence-electron chi connectivity index (χ2n) is 7.19. The topological polar surface area (TPSA) is 87.1 Å². The van der Waals surface area contributed by atoms with E-state index in [1.165, 1.54) is 0 Å². The average molecular weight is 376 g/mol. The van der Waals surface area contributed by atoms with E-state index >= 15 is 0 Å². The number of ketones is 2. The van der Waals surface area contributed by atoms with E-state index in [-0.39, 0.29) is 41.9 Å². The molecule has 1 aliphatic rings. The highest BCUT2D eigenvalue weighted by atomic mass is 16.2. The Balaban J connectivity index is 1.72. The SMILES string of the molecule is CCCC(=N)C1C(=O)CC(c2cccc(NC(=O)c3ccccc3)c2)CC1=O. The predicted molar refractivity (Wildman–Crippen MR) is 109 cm³/mol. The highest BCUT2D eigenvalue weighted by Crippen LogP contribution is 2.33. The number of amides is 1. The highest BCUT2D eigenvalue weighted by Gasteiger charge is 2.38. The maximum absolute atomic E-state index is 12.5. The average Bonchev–Trinajstić information content (AvgIpc) is 2.68. The van der Waals surface area contributed by atoms with Gasteiger partial charge in [0.05, 0.1) is 0 Å². The summed E-state index contributed by atoms with van der Waals surface area (Å²) in [6, 6.07) is 16.2. The van der Waals surface area contributed by atoms with Crippen molar-refractivity contribution in [3.05, 3.63) is 65.7 Å². The molecule has 0 aromatic heterocycles. The lowest BCUT2D eigenvalue weighted by Gasteiger charge is -2.27. The quantitative estimate of drug-likeness (QED) is 0.579. The number of hydrogen-bond donors (Lipinski definition) is 2. The third-order valence-electron chi connectivity index (χ3n) is 5.06. The van der Waals surface area contributed by atoms with Crippen molar-refractivity contribution in [1.29, 1.82) is 5.41 Å². The van der Waals surface area contributed by atoms with Gasteiger partial charge in [0.25, 0.3) is 5.91 Å². The first kappa shape index (κ1) is 19.7. The van der Waals surface area contributed by atoms with Gasteiger partial charge in [-0.15, -0.1) is 0 Å². The van der Waals surface area contributed by atoms with Gasteiger partial charge in [-0.2, -0.15) is 0 Å². The molecule has 0 saturated heterocycles. The van der Waals surface area contributed by atoms with Crippen molar-refractivity contribution in [1.82, 2.24) is 0 Å². The second-order valence-corrected chi connectivity index (χ2v) is 7.19. The molecule has 2 aromatic rings. The summed E-state index contributed by atoms with van der Waals surface area (Å²) in [5.41, 5.74) is 2.29. The van der Waals surface area contributed by atoms with Gasteiger partial charge >= 0.3 is 0 Å². The molecule has 0 unspecified atom stereocenters. The molecule has 2 N–H and O–H groups in total. The molecule has 0 spiro atoms. The van der Waals surface area contributed by atoms with E-state index in [2.05, 4.69) is 5.32 Å². The third-order valence-corrected chi connectivity index (χ3v) is 5.06. The summed E-state index contributed by atoms with van der Waals surface area (Å²) in [6.45, 7) is 1.93. The molecule has 0 radical (unpaired) electrons. The molecule has 28 heavy (non-hydrogen) atoms. The fraction of sp³-hybridized carbons (Fsp3) is 0.304. The fourth-order valence-corrected chi connectivity index (χ4v) is 3.67. The summed E-state index contributed by atoms with van der Waals surface area (Å²) < 4.78 is 0. The Morgan fingerprint density at radius 1 is 1.04 bits per heavy atom. The zero-order valence-corrected chi connectivity index (χ0v) is 15.9. The zero-order valence-electron chi connectivity index (χ0n) is 15.9. The molecule has 2 aromatic carbocycles. The van der Waals surface area contributed by atoms with Gasteiger partial charge in [0.1, 0.15) is 17.5 Å². The van der Waals surface area contributed by atoms with E-state index in [0.717, 1.165) is 12.0 Å². The van der Waals surface area contributed by atoms with Crippen LogP contribution in [0.3, 0.4) is 0 Å². The molecule has 5 nitrogen and oxygen atoms in total. The molecule has 0 heterocycles. The summed E-state index contributed by atoms with van der Waals surface area (Å²) in [5, 5.41) is 10.9. The van der Waals surface area contributed by atoms with Crippen LogP contribution < -0.4 is 5.32 Å². The van der Waals surface area contributed by atoms with Gasteiger partial charge in [0.2, 0.25) is 0 Å². The smallest absolute Gasteiger partial charge is 0.255 e. The van der Waals surface area contributed by atoms with Gasteiger partial charge in [0.15, 0.2) is 0 Å². The van der Waals surface area contributed by atoms with Crippen LogP contribution in [0.4, 0.5) is 5.69 Å². The Kier molecular flexibility index (Phi) is 6.14. The van der Waals surface area contributed by atoms with E-state index in [1.807, 2.05) is 31.2 Å². The van der Waals surface area contributed by atoms with Crippen LogP contribution in [0.25, 0.3) is 0 Å². The summed E-state index contributed by atoms with van der Waals surface area (Å²) in [6.07, 6.45) is 1.73. The Labute approximate surface area is 164 Å². The van der Waals surface area contributed by atoms with E-state index < -0.39 is 5.92 Å². The second kappa shape index (κ2) is 8.74. The van der Waals surface area contributed by atoms with Crippen molar-refractivity contribution in [3.8, 4) is 0 Å². The number of hydrogen-bond acceptors (Lipinski definition) is 4. The number of nitrogens with one attached hydrogen (secondary N) is 2. The Morgan fingerprint density at radius 3 is 2.36 bits per heavy atom. The standard InChI is InChI=1S/C23H24N2O3/c1-2-7-19(24)22-20(26)13-17(14-21(22)27)16-10-6-11-18(12-16)25-23(28)15-8-4-3-5-9-15/h3-6,8-12,17,22,24H,2,7,13-14H2,1H3,(H,25,28). The molecule has 3 rings (SSSR count). The maximum atomic E-state index is 12.5. The minimum atomic E-state index is -0.864. The molecule has 1 saturated carbocycles. The monoisotopic (exact) mass is 376 g/mol. The summed E-state index contributed by atoms with van der Waals surface area (Å²) in [5.74, 6) is -1.62. The lowest BCUT2D eigenvalue weighted by atomic mass is 9.74. The first-order valence-electron chi connectivity index (χ1n) is 9.58. The van der Waals surface area contributed by atoms with Crippen LogP contribution >= 0.6 is 0 Å². The van der Waals surface area contributed by atoms with Crippen molar-refractivity contribution in [3.63, 3.8) is 0 Å². The number of rotatable bonds is 6. The van der Waals surface area contributed by atoms with E-state index in [0.29, 0.717) is 17.7 Å². The molecule has 1 fully saturated rings. The number of Topliss-reactive ketones (excluding diaryl/α,β-unsaturated/α-hetero) is 2. The Hall–Kier alpha value is -3.08. The van der Waals surface area contributed by atoms with Crippen LogP contribution in [-0.2, 0) is 9.59 Å². The van der Waals surface area contributed by atoms with Gasteiger partial charge in [-0.05, 0) is 42.2 Å². The highest BCUT2D eigenvalue weighted by molar-refractivity contribution is 6.21. The maximum Gasteiger partial charge on any atom is 0.255 e. The number of anilines is 1. The van der Waals surface area contributed by atoms with Crippen LogP contribution in [0, 0.1) is 11.3 Å². The molecule has 0 atom stereocenters. The predicted octanol–water partition coefficient (Wildman–Crippen LogP) is 4.39. The number of benzene rings is 2. The molecule has 144 valence electrons. The van der Waals surface area contributed by atoms with Gasteiger partial charge in [-0.25, -0.2) is 0 Å². The molecule has 5 heteroatoms. The molecule has 0 aliphatic heterocycles. The van der Waals surface area contributed by atoms with E-state index in [1.54, 1.807) is 30.3 Å². The molecular weight excluding hydrogens is 352 g/mol. The third kappa shape index (κ3) is 4.42. The lowest BCUT2D eigenvalue weighted by molar-refractivity contribution is -0.133. The zero-order chi connectivity index (χ0) is 20.1. The largest absolute Gasteiger partial charge is 0.322 e. The summed E-state index contributed by atoms with van der Waals surface area (Å²) in [7, 11) is 0. The van der Waals surface area contributed by atoms with Crippen LogP contribution in [0.1, 0.15) is 54.4 Å². The minimum absolute atomic E-state index is 0.168. The van der Waals surface area contributed by atoms with Gasteiger partial charge in [0, 0.05) is 29.8 Å². The van der Waals surface area contributed by atoms with Gasteiger partial charge < -0.3 is 10.7 Å². The van der Waals surface area contributed by atoms with Crippen molar-refractivity contribution in [2.24, 2.45) is 5.92 Å². The molecule has 1 aliphatic carbocycles. The molecular formula is C23H24N2O3. The van der Waals surface area contributed by atoms with E-state index in [9.17, 15) is 14.4 Å². The summed E-state index contributed by atoms with van der Waals surface area (Å²) in [4.78, 5) is 37.4. The summed E-state index contributed by atoms with van der Waals surface area (Å²) >= 11 is 0. The van der Waals surface area contributed by atoms with Crippen molar-refractivity contribution in [2.45, 2.75) is 38.5 Å². The van der Waals surface area contributed by atoms with Crippen molar-refractivity contribution in [2.75, 3.05) is 5.32 Å². The van der Waals surface area contributed by atoms with Crippen LogP contribution in [-0.4, -0.2) is 23.2 Å². The first-order chi connectivity index (χ1) is 13.5. The Morgan fingerprint density at radius 2 is 1.71 bits per heavy atom.